The highest BCUT2D eigenvalue weighted by Crippen LogP contribution is 2.35. The van der Waals surface area contributed by atoms with Gasteiger partial charge in [0.05, 0.1) is 6.61 Å². The summed E-state index contributed by atoms with van der Waals surface area (Å²) in [4.78, 5) is 14.0. The average Bonchev–Trinajstić information content (AvgIpc) is 2.88. The minimum atomic E-state index is 0.294. The zero-order chi connectivity index (χ0) is 14.8. The Bertz CT molecular complexity index is 544. The molecule has 1 unspecified atom stereocenters. The summed E-state index contributed by atoms with van der Waals surface area (Å²) in [7, 11) is 0. The van der Waals surface area contributed by atoms with Gasteiger partial charge in [-0.15, -0.1) is 0 Å². The van der Waals surface area contributed by atoms with Crippen molar-refractivity contribution in [1.82, 2.24) is 4.90 Å². The standard InChI is InChI=1S/C17H22BrNO2/c1-12(20)8-16-4-2-3-6-19(16)11-14-10-15(18)9-13-5-7-21-17(13)14/h9-10,16H,2-8,11H2,1H3. The van der Waals surface area contributed by atoms with Crippen molar-refractivity contribution in [3.63, 3.8) is 0 Å². The molecule has 21 heavy (non-hydrogen) atoms. The molecule has 2 aliphatic rings. The van der Waals surface area contributed by atoms with Gasteiger partial charge in [0.15, 0.2) is 0 Å². The molecule has 1 aromatic carbocycles. The molecule has 1 saturated heterocycles. The lowest BCUT2D eigenvalue weighted by Gasteiger charge is -2.35. The third kappa shape index (κ3) is 3.49. The summed E-state index contributed by atoms with van der Waals surface area (Å²) in [6.07, 6.45) is 5.28. The monoisotopic (exact) mass is 351 g/mol. The van der Waals surface area contributed by atoms with E-state index >= 15 is 0 Å². The largest absolute Gasteiger partial charge is 0.493 e. The lowest BCUT2D eigenvalue weighted by Crippen LogP contribution is -2.40. The van der Waals surface area contributed by atoms with Gasteiger partial charge in [-0.05, 0) is 44.0 Å². The number of nitrogens with zero attached hydrogens (tertiary/aromatic N) is 1. The first-order chi connectivity index (χ1) is 10.1. The van der Waals surface area contributed by atoms with Crippen LogP contribution < -0.4 is 4.74 Å². The molecule has 2 heterocycles. The number of rotatable bonds is 4. The number of Topliss-reactive ketones (excluding diaryl/α,β-unsaturated/α-hetero) is 1. The molecular weight excluding hydrogens is 330 g/mol. The zero-order valence-corrected chi connectivity index (χ0v) is 14.1. The third-order valence-corrected chi connectivity index (χ3v) is 4.93. The van der Waals surface area contributed by atoms with Gasteiger partial charge in [-0.2, -0.15) is 0 Å². The van der Waals surface area contributed by atoms with Crippen molar-refractivity contribution >= 4 is 21.7 Å². The van der Waals surface area contributed by atoms with Gasteiger partial charge in [0.2, 0.25) is 0 Å². The number of likely N-dealkylation sites (tertiary alicyclic amines) is 1. The summed E-state index contributed by atoms with van der Waals surface area (Å²) in [5.41, 5.74) is 2.56. The van der Waals surface area contributed by atoms with Crippen LogP contribution in [0.2, 0.25) is 0 Å². The summed E-state index contributed by atoms with van der Waals surface area (Å²) >= 11 is 3.61. The number of ketones is 1. The van der Waals surface area contributed by atoms with Gasteiger partial charge in [0.25, 0.3) is 0 Å². The van der Waals surface area contributed by atoms with E-state index in [1.54, 1.807) is 6.92 Å². The fourth-order valence-electron chi connectivity index (χ4n) is 3.51. The summed E-state index contributed by atoms with van der Waals surface area (Å²) in [6, 6.07) is 4.73. The topological polar surface area (TPSA) is 29.5 Å². The van der Waals surface area contributed by atoms with Gasteiger partial charge in [-0.25, -0.2) is 0 Å². The molecular formula is C17H22BrNO2. The van der Waals surface area contributed by atoms with Crippen molar-refractivity contribution in [2.24, 2.45) is 0 Å². The average molecular weight is 352 g/mol. The Morgan fingerprint density at radius 2 is 2.29 bits per heavy atom. The first-order valence-electron chi connectivity index (χ1n) is 7.81. The van der Waals surface area contributed by atoms with Crippen molar-refractivity contribution < 1.29 is 9.53 Å². The van der Waals surface area contributed by atoms with Crippen LogP contribution >= 0.6 is 15.9 Å². The molecule has 0 aliphatic carbocycles. The van der Waals surface area contributed by atoms with Crippen LogP contribution in [0.25, 0.3) is 0 Å². The summed E-state index contributed by atoms with van der Waals surface area (Å²) in [5, 5.41) is 0. The van der Waals surface area contributed by atoms with E-state index in [-0.39, 0.29) is 0 Å². The van der Waals surface area contributed by atoms with Gasteiger partial charge in [-0.1, -0.05) is 22.4 Å². The number of benzene rings is 1. The fraction of sp³-hybridized carbons (Fsp3) is 0.588. The lowest BCUT2D eigenvalue weighted by molar-refractivity contribution is -0.118. The van der Waals surface area contributed by atoms with E-state index in [1.165, 1.54) is 24.0 Å². The minimum Gasteiger partial charge on any atom is -0.493 e. The summed E-state index contributed by atoms with van der Waals surface area (Å²) in [5.74, 6) is 1.37. The lowest BCUT2D eigenvalue weighted by atomic mass is 9.96. The molecule has 0 amide bonds. The zero-order valence-electron chi connectivity index (χ0n) is 12.5. The van der Waals surface area contributed by atoms with E-state index in [0.29, 0.717) is 18.2 Å². The van der Waals surface area contributed by atoms with E-state index in [2.05, 4.69) is 33.0 Å². The highest BCUT2D eigenvalue weighted by molar-refractivity contribution is 9.10. The Labute approximate surface area is 134 Å². The van der Waals surface area contributed by atoms with E-state index in [1.807, 2.05) is 0 Å². The molecule has 3 nitrogen and oxygen atoms in total. The maximum atomic E-state index is 11.5. The smallest absolute Gasteiger partial charge is 0.131 e. The number of fused-ring (bicyclic) bond motifs is 1. The number of hydrogen-bond donors (Lipinski definition) is 0. The number of carbonyl (C=O) groups is 1. The molecule has 0 radical (unpaired) electrons. The molecule has 0 saturated carbocycles. The van der Waals surface area contributed by atoms with Crippen molar-refractivity contribution in [2.45, 2.75) is 51.6 Å². The van der Waals surface area contributed by atoms with Crippen molar-refractivity contribution in [1.29, 1.82) is 0 Å². The third-order valence-electron chi connectivity index (χ3n) is 4.47. The molecule has 114 valence electrons. The van der Waals surface area contributed by atoms with Crippen LogP contribution in [0.4, 0.5) is 0 Å². The Morgan fingerprint density at radius 3 is 3.10 bits per heavy atom. The molecule has 1 fully saturated rings. The molecule has 3 rings (SSSR count). The number of halogens is 1. The van der Waals surface area contributed by atoms with Crippen molar-refractivity contribution in [3.8, 4) is 5.75 Å². The Morgan fingerprint density at radius 1 is 1.43 bits per heavy atom. The summed E-state index contributed by atoms with van der Waals surface area (Å²) < 4.78 is 6.95. The van der Waals surface area contributed by atoms with Crippen molar-refractivity contribution in [3.05, 3.63) is 27.7 Å². The highest BCUT2D eigenvalue weighted by Gasteiger charge is 2.26. The van der Waals surface area contributed by atoms with Gasteiger partial charge in [-0.3, -0.25) is 9.69 Å². The molecule has 0 bridgehead atoms. The first-order valence-corrected chi connectivity index (χ1v) is 8.60. The van der Waals surface area contributed by atoms with E-state index in [4.69, 9.17) is 4.74 Å². The summed E-state index contributed by atoms with van der Waals surface area (Å²) in [6.45, 7) is 4.46. The van der Waals surface area contributed by atoms with Gasteiger partial charge in [0.1, 0.15) is 11.5 Å². The van der Waals surface area contributed by atoms with Gasteiger partial charge in [0, 0.05) is 35.5 Å². The van der Waals surface area contributed by atoms with E-state index in [9.17, 15) is 4.79 Å². The number of hydrogen-bond acceptors (Lipinski definition) is 3. The first kappa shape index (κ1) is 15.0. The molecule has 1 aromatic rings. The number of ether oxygens (including phenoxy) is 1. The van der Waals surface area contributed by atoms with Crippen LogP contribution in [0.3, 0.4) is 0 Å². The fourth-order valence-corrected chi connectivity index (χ4v) is 4.07. The molecule has 0 spiro atoms. The van der Waals surface area contributed by atoms with Gasteiger partial charge >= 0.3 is 0 Å². The van der Waals surface area contributed by atoms with E-state index in [0.717, 1.165) is 42.8 Å². The quantitative estimate of drug-likeness (QED) is 0.827. The Hall–Kier alpha value is -0.870. The SMILES string of the molecule is CC(=O)CC1CCCCN1Cc1cc(Br)cc2c1OCC2. The second-order valence-electron chi connectivity index (χ2n) is 6.18. The maximum absolute atomic E-state index is 11.5. The minimum absolute atomic E-state index is 0.294. The van der Waals surface area contributed by atoms with Crippen LogP contribution in [0, 0.1) is 0 Å². The van der Waals surface area contributed by atoms with Crippen LogP contribution in [-0.2, 0) is 17.8 Å². The number of carbonyl (C=O) groups excluding carboxylic acids is 1. The Kier molecular flexibility index (Phi) is 4.65. The molecule has 0 aromatic heterocycles. The second-order valence-corrected chi connectivity index (χ2v) is 7.09. The van der Waals surface area contributed by atoms with E-state index < -0.39 is 0 Å². The molecule has 1 atom stereocenters. The predicted molar refractivity (Wildman–Crippen MR) is 86.7 cm³/mol. The Balaban J connectivity index is 1.80. The predicted octanol–water partition coefficient (Wildman–Crippen LogP) is 3.72. The molecule has 2 aliphatic heterocycles. The van der Waals surface area contributed by atoms with Gasteiger partial charge < -0.3 is 4.74 Å². The van der Waals surface area contributed by atoms with Crippen molar-refractivity contribution in [2.75, 3.05) is 13.2 Å². The second kappa shape index (κ2) is 6.49. The van der Waals surface area contributed by atoms with Crippen LogP contribution in [-0.4, -0.2) is 29.9 Å². The molecule has 0 N–H and O–H groups in total. The normalized spacial score (nSPS) is 21.9. The maximum Gasteiger partial charge on any atom is 0.131 e. The highest BCUT2D eigenvalue weighted by atomic mass is 79.9. The van der Waals surface area contributed by atoms with Crippen LogP contribution in [0.1, 0.15) is 43.7 Å². The van der Waals surface area contributed by atoms with Crippen LogP contribution in [0.15, 0.2) is 16.6 Å². The molecule has 4 heteroatoms. The number of piperidine rings is 1. The van der Waals surface area contributed by atoms with Crippen LogP contribution in [0.5, 0.6) is 5.75 Å².